The molecule has 0 saturated heterocycles. The number of fused-ring (bicyclic) bond motifs is 1. The summed E-state index contributed by atoms with van der Waals surface area (Å²) in [5.74, 6) is 0. The van der Waals surface area contributed by atoms with Gasteiger partial charge >= 0.3 is 0 Å². The first-order valence-electron chi connectivity index (χ1n) is 6.98. The van der Waals surface area contributed by atoms with E-state index in [0.29, 0.717) is 6.04 Å². The fourth-order valence-electron chi connectivity index (χ4n) is 2.26. The maximum Gasteiger partial charge on any atom is 0.193 e. The van der Waals surface area contributed by atoms with Gasteiger partial charge in [0.2, 0.25) is 0 Å². The number of aryl methyl sites for hydroxylation is 1. The predicted octanol–water partition coefficient (Wildman–Crippen LogP) is 3.50. The molecule has 2 heterocycles. The van der Waals surface area contributed by atoms with Crippen molar-refractivity contribution in [2.75, 3.05) is 6.54 Å². The highest BCUT2D eigenvalue weighted by Gasteiger charge is 2.09. The summed E-state index contributed by atoms with van der Waals surface area (Å²) in [7, 11) is 0. The van der Waals surface area contributed by atoms with Crippen LogP contribution in [0.5, 0.6) is 0 Å². The van der Waals surface area contributed by atoms with Crippen molar-refractivity contribution >= 4 is 16.3 Å². The number of hydrogen-bond donors (Lipinski definition) is 1. The lowest BCUT2D eigenvalue weighted by molar-refractivity contribution is 0.447. The van der Waals surface area contributed by atoms with E-state index in [2.05, 4.69) is 46.3 Å². The van der Waals surface area contributed by atoms with Crippen LogP contribution in [0.3, 0.4) is 0 Å². The Balaban J connectivity index is 1.86. The van der Waals surface area contributed by atoms with Gasteiger partial charge in [-0.2, -0.15) is 0 Å². The van der Waals surface area contributed by atoms with Gasteiger partial charge < -0.3 is 5.32 Å². The third kappa shape index (κ3) is 3.56. The average Bonchev–Trinajstić information content (AvgIpc) is 2.93. The molecular weight excluding hydrogens is 242 g/mol. The molecule has 0 aliphatic rings. The summed E-state index contributed by atoms with van der Waals surface area (Å²) >= 11 is 1.70. The molecule has 0 fully saturated rings. The van der Waals surface area contributed by atoms with Crippen LogP contribution in [0.1, 0.15) is 45.2 Å². The molecule has 100 valence electrons. The molecule has 0 amide bonds. The third-order valence-corrected chi connectivity index (χ3v) is 3.98. The van der Waals surface area contributed by atoms with E-state index >= 15 is 0 Å². The van der Waals surface area contributed by atoms with E-state index in [-0.39, 0.29) is 0 Å². The Labute approximate surface area is 113 Å². The Morgan fingerprint density at radius 3 is 2.94 bits per heavy atom. The molecule has 2 aromatic heterocycles. The van der Waals surface area contributed by atoms with Crippen molar-refractivity contribution in [3.8, 4) is 0 Å². The maximum absolute atomic E-state index is 4.64. The largest absolute Gasteiger partial charge is 0.314 e. The third-order valence-electron chi connectivity index (χ3n) is 3.21. The molecule has 3 nitrogen and oxygen atoms in total. The number of imidazole rings is 1. The minimum atomic E-state index is 0.648. The molecule has 18 heavy (non-hydrogen) atoms. The summed E-state index contributed by atoms with van der Waals surface area (Å²) in [5, 5.41) is 5.71. The first kappa shape index (κ1) is 13.6. The van der Waals surface area contributed by atoms with E-state index in [1.54, 1.807) is 11.3 Å². The molecule has 0 bridgehead atoms. The van der Waals surface area contributed by atoms with Crippen molar-refractivity contribution in [1.82, 2.24) is 14.7 Å². The topological polar surface area (TPSA) is 29.3 Å². The number of nitrogens with one attached hydrogen (secondary N) is 1. The van der Waals surface area contributed by atoms with Gasteiger partial charge in [0.25, 0.3) is 0 Å². The predicted molar refractivity (Wildman–Crippen MR) is 78.4 cm³/mol. The number of nitrogens with zero attached hydrogens (tertiary/aromatic N) is 2. The van der Waals surface area contributed by atoms with Gasteiger partial charge in [-0.15, -0.1) is 11.3 Å². The van der Waals surface area contributed by atoms with Crippen LogP contribution < -0.4 is 5.32 Å². The van der Waals surface area contributed by atoms with Crippen LogP contribution >= 0.6 is 11.3 Å². The summed E-state index contributed by atoms with van der Waals surface area (Å²) in [6, 6.07) is 0.648. The van der Waals surface area contributed by atoms with E-state index in [4.69, 9.17) is 0 Å². The Bertz CT molecular complexity index is 432. The molecule has 0 aliphatic carbocycles. The molecule has 0 spiro atoms. The zero-order valence-electron chi connectivity index (χ0n) is 11.4. The zero-order chi connectivity index (χ0) is 12.8. The molecular formula is C14H23N3S. The van der Waals surface area contributed by atoms with Crippen LogP contribution in [0.15, 0.2) is 17.8 Å². The quantitative estimate of drug-likeness (QED) is 0.791. The van der Waals surface area contributed by atoms with Crippen LogP contribution in [0, 0.1) is 0 Å². The molecule has 0 radical (unpaired) electrons. The van der Waals surface area contributed by atoms with E-state index in [1.807, 2.05) is 0 Å². The number of rotatable bonds is 8. The van der Waals surface area contributed by atoms with Gasteiger partial charge in [0, 0.05) is 23.8 Å². The SMILES string of the molecule is CCCNC(CCC)CCc1cn2ccsc2n1. The first-order valence-corrected chi connectivity index (χ1v) is 7.86. The Kier molecular flexibility index (Phi) is 5.20. The Hall–Kier alpha value is -0.870. The fourth-order valence-corrected chi connectivity index (χ4v) is 2.98. The Morgan fingerprint density at radius 1 is 1.33 bits per heavy atom. The highest BCUT2D eigenvalue weighted by Crippen LogP contribution is 2.14. The normalized spacial score (nSPS) is 13.2. The van der Waals surface area contributed by atoms with Gasteiger partial charge in [-0.1, -0.05) is 20.3 Å². The van der Waals surface area contributed by atoms with Crippen molar-refractivity contribution in [3.63, 3.8) is 0 Å². The lowest BCUT2D eigenvalue weighted by atomic mass is 10.1. The van der Waals surface area contributed by atoms with Crippen LogP contribution in [0.2, 0.25) is 0 Å². The summed E-state index contributed by atoms with van der Waals surface area (Å²) in [4.78, 5) is 5.75. The van der Waals surface area contributed by atoms with Gasteiger partial charge in [-0.05, 0) is 32.2 Å². The van der Waals surface area contributed by atoms with Crippen LogP contribution in [0.25, 0.3) is 4.96 Å². The van der Waals surface area contributed by atoms with Crippen LogP contribution in [0.4, 0.5) is 0 Å². The minimum absolute atomic E-state index is 0.648. The first-order chi connectivity index (χ1) is 8.83. The lowest BCUT2D eigenvalue weighted by Gasteiger charge is -2.16. The van der Waals surface area contributed by atoms with E-state index in [1.165, 1.54) is 31.4 Å². The smallest absolute Gasteiger partial charge is 0.193 e. The summed E-state index contributed by atoms with van der Waals surface area (Å²) in [5.41, 5.74) is 1.22. The molecule has 0 aliphatic heterocycles. The standard InChI is InChI=1S/C14H23N3S/c1-3-5-12(15-8-4-2)6-7-13-11-17-9-10-18-14(17)16-13/h9-12,15H,3-8H2,1-2H3. The molecule has 2 rings (SSSR count). The van der Waals surface area contributed by atoms with Crippen molar-refractivity contribution in [2.45, 2.75) is 52.0 Å². The minimum Gasteiger partial charge on any atom is -0.314 e. The second-order valence-corrected chi connectivity index (χ2v) is 5.68. The zero-order valence-corrected chi connectivity index (χ0v) is 12.2. The van der Waals surface area contributed by atoms with Crippen molar-refractivity contribution in [2.24, 2.45) is 0 Å². The number of aromatic nitrogens is 2. The van der Waals surface area contributed by atoms with Gasteiger partial charge in [0.15, 0.2) is 4.96 Å². The van der Waals surface area contributed by atoms with Gasteiger partial charge in [0.05, 0.1) is 5.69 Å². The second-order valence-electron chi connectivity index (χ2n) is 4.80. The molecule has 1 N–H and O–H groups in total. The van der Waals surface area contributed by atoms with Gasteiger partial charge in [0.1, 0.15) is 0 Å². The molecule has 0 aromatic carbocycles. The van der Waals surface area contributed by atoms with Crippen molar-refractivity contribution in [1.29, 1.82) is 0 Å². The van der Waals surface area contributed by atoms with E-state index in [9.17, 15) is 0 Å². The maximum atomic E-state index is 4.64. The van der Waals surface area contributed by atoms with Crippen molar-refractivity contribution in [3.05, 3.63) is 23.5 Å². The summed E-state index contributed by atoms with van der Waals surface area (Å²) in [6.45, 7) is 5.61. The summed E-state index contributed by atoms with van der Waals surface area (Å²) < 4.78 is 2.12. The summed E-state index contributed by atoms with van der Waals surface area (Å²) in [6.07, 6.45) is 10.2. The van der Waals surface area contributed by atoms with Gasteiger partial charge in [-0.25, -0.2) is 4.98 Å². The van der Waals surface area contributed by atoms with E-state index in [0.717, 1.165) is 17.9 Å². The highest BCUT2D eigenvalue weighted by atomic mass is 32.1. The molecule has 1 atom stereocenters. The van der Waals surface area contributed by atoms with Crippen LogP contribution in [-0.4, -0.2) is 22.0 Å². The number of thiazole rings is 1. The molecule has 1 unspecified atom stereocenters. The molecule has 4 heteroatoms. The van der Waals surface area contributed by atoms with Crippen LogP contribution in [-0.2, 0) is 6.42 Å². The number of hydrogen-bond acceptors (Lipinski definition) is 3. The molecule has 2 aromatic rings. The van der Waals surface area contributed by atoms with E-state index < -0.39 is 0 Å². The second kappa shape index (κ2) is 6.90. The highest BCUT2D eigenvalue weighted by molar-refractivity contribution is 7.15. The lowest BCUT2D eigenvalue weighted by Crippen LogP contribution is -2.30. The monoisotopic (exact) mass is 265 g/mol. The van der Waals surface area contributed by atoms with Crippen molar-refractivity contribution < 1.29 is 0 Å². The molecule has 0 saturated carbocycles. The average molecular weight is 265 g/mol. The fraction of sp³-hybridized carbons (Fsp3) is 0.643. The Morgan fingerprint density at radius 2 is 2.22 bits per heavy atom. The van der Waals surface area contributed by atoms with Gasteiger partial charge in [-0.3, -0.25) is 4.40 Å².